The second-order valence-corrected chi connectivity index (χ2v) is 4.36. The number of hydrogen-bond acceptors (Lipinski definition) is 4. The number of nitrogens with one attached hydrogen (secondary N) is 2. The highest BCUT2D eigenvalue weighted by Gasteiger charge is 2.27. The van der Waals surface area contributed by atoms with Crippen LogP contribution in [0.1, 0.15) is 5.56 Å². The molecule has 0 unspecified atom stereocenters. The summed E-state index contributed by atoms with van der Waals surface area (Å²) in [5.41, 5.74) is 2.66. The fraction of sp³-hybridized carbons (Fsp3) is 0.385. The van der Waals surface area contributed by atoms with Crippen LogP contribution in [0.5, 0.6) is 0 Å². The molecule has 2 N–H and O–H groups in total. The maximum Gasteiger partial charge on any atom is 0.411 e. The van der Waals surface area contributed by atoms with Gasteiger partial charge in [0, 0.05) is 36.6 Å². The molecule has 8 heteroatoms. The Labute approximate surface area is 119 Å². The van der Waals surface area contributed by atoms with Gasteiger partial charge in [0.1, 0.15) is 6.61 Å². The first-order valence-electron chi connectivity index (χ1n) is 6.34. The zero-order valence-corrected chi connectivity index (χ0v) is 11.2. The van der Waals surface area contributed by atoms with Gasteiger partial charge in [-0.05, 0) is 12.1 Å². The van der Waals surface area contributed by atoms with E-state index >= 15 is 0 Å². The van der Waals surface area contributed by atoms with Crippen molar-refractivity contribution in [3.63, 3.8) is 0 Å². The molecule has 0 aromatic carbocycles. The number of nitrogens with zero attached hydrogens (tertiary/aromatic N) is 2. The third-order valence-corrected chi connectivity index (χ3v) is 2.67. The normalized spacial score (nSPS) is 11.8. The molecule has 2 aromatic heterocycles. The smallest absolute Gasteiger partial charge is 0.371 e. The van der Waals surface area contributed by atoms with Crippen molar-refractivity contribution in [1.29, 1.82) is 0 Å². The lowest BCUT2D eigenvalue weighted by Crippen LogP contribution is -2.23. The van der Waals surface area contributed by atoms with Crippen molar-refractivity contribution in [3.05, 3.63) is 36.3 Å². The molecule has 5 nitrogen and oxygen atoms in total. The van der Waals surface area contributed by atoms with Gasteiger partial charge in [0.05, 0.1) is 18.5 Å². The number of halogens is 3. The van der Waals surface area contributed by atoms with Crippen molar-refractivity contribution in [2.24, 2.45) is 0 Å². The number of hydrogen-bond donors (Lipinski definition) is 2. The number of rotatable bonds is 7. The average Bonchev–Trinajstić information content (AvgIpc) is 2.91. The quantitative estimate of drug-likeness (QED) is 0.769. The van der Waals surface area contributed by atoms with Crippen molar-refractivity contribution in [1.82, 2.24) is 20.5 Å². The zero-order valence-electron chi connectivity index (χ0n) is 11.2. The summed E-state index contributed by atoms with van der Waals surface area (Å²) in [4.78, 5) is 4.03. The van der Waals surface area contributed by atoms with Gasteiger partial charge in [-0.3, -0.25) is 10.1 Å². The van der Waals surface area contributed by atoms with Gasteiger partial charge in [-0.15, -0.1) is 0 Å². The highest BCUT2D eigenvalue weighted by atomic mass is 19.4. The van der Waals surface area contributed by atoms with Crippen LogP contribution in [0.3, 0.4) is 0 Å². The van der Waals surface area contributed by atoms with Gasteiger partial charge in [0.15, 0.2) is 0 Å². The van der Waals surface area contributed by atoms with Gasteiger partial charge in [-0.25, -0.2) is 0 Å². The molecule has 0 amide bonds. The number of alkyl halides is 3. The molecule has 114 valence electrons. The molecule has 0 aliphatic heterocycles. The topological polar surface area (TPSA) is 62.8 Å². The maximum absolute atomic E-state index is 11.9. The Bertz CT molecular complexity index is 542. The van der Waals surface area contributed by atoms with Crippen molar-refractivity contribution in [3.8, 4) is 11.3 Å². The van der Waals surface area contributed by atoms with Crippen LogP contribution in [0.25, 0.3) is 11.3 Å². The molecule has 0 aliphatic carbocycles. The van der Waals surface area contributed by atoms with Gasteiger partial charge in [-0.1, -0.05) is 0 Å². The van der Waals surface area contributed by atoms with E-state index in [1.807, 2.05) is 12.1 Å². The first-order valence-corrected chi connectivity index (χ1v) is 6.34. The molecule has 0 saturated carbocycles. The molecule has 2 rings (SSSR count). The number of pyridine rings is 1. The van der Waals surface area contributed by atoms with Crippen LogP contribution in [0.2, 0.25) is 0 Å². The average molecular weight is 300 g/mol. The highest BCUT2D eigenvalue weighted by Crippen LogP contribution is 2.19. The first-order chi connectivity index (χ1) is 10.1. The monoisotopic (exact) mass is 300 g/mol. The molecule has 0 fully saturated rings. The van der Waals surface area contributed by atoms with E-state index in [-0.39, 0.29) is 6.61 Å². The van der Waals surface area contributed by atoms with E-state index < -0.39 is 12.8 Å². The van der Waals surface area contributed by atoms with Crippen LogP contribution >= 0.6 is 0 Å². The molecule has 21 heavy (non-hydrogen) atoms. The van der Waals surface area contributed by atoms with Gasteiger partial charge < -0.3 is 10.1 Å². The van der Waals surface area contributed by atoms with Crippen LogP contribution in [-0.4, -0.2) is 41.1 Å². The fourth-order valence-electron chi connectivity index (χ4n) is 1.76. The van der Waals surface area contributed by atoms with Crippen molar-refractivity contribution in [2.45, 2.75) is 12.7 Å². The number of H-pyrrole nitrogens is 1. The van der Waals surface area contributed by atoms with Crippen LogP contribution in [0, 0.1) is 0 Å². The molecule has 0 saturated heterocycles. The maximum atomic E-state index is 11.9. The van der Waals surface area contributed by atoms with E-state index in [0.29, 0.717) is 13.1 Å². The van der Waals surface area contributed by atoms with Crippen LogP contribution in [0.4, 0.5) is 13.2 Å². The summed E-state index contributed by atoms with van der Waals surface area (Å²) in [6.07, 6.45) is 0.781. The molecule has 0 atom stereocenters. The lowest BCUT2D eigenvalue weighted by molar-refractivity contribution is -0.173. The summed E-state index contributed by atoms with van der Waals surface area (Å²) >= 11 is 0. The Hall–Kier alpha value is -1.93. The third-order valence-electron chi connectivity index (χ3n) is 2.67. The van der Waals surface area contributed by atoms with Crippen LogP contribution in [-0.2, 0) is 11.3 Å². The molecule has 0 radical (unpaired) electrons. The Morgan fingerprint density at radius 3 is 2.86 bits per heavy atom. The summed E-state index contributed by atoms with van der Waals surface area (Å²) in [5, 5.41) is 9.87. The SMILES string of the molecule is FC(F)(F)COCCNCc1cn[nH]c1-c1cccnc1. The molecule has 2 heterocycles. The molecule has 0 aliphatic rings. The van der Waals surface area contributed by atoms with E-state index in [9.17, 15) is 13.2 Å². The minimum Gasteiger partial charge on any atom is -0.371 e. The largest absolute Gasteiger partial charge is 0.411 e. The molecule has 0 bridgehead atoms. The van der Waals surface area contributed by atoms with Gasteiger partial charge in [-0.2, -0.15) is 18.3 Å². The number of aromatic amines is 1. The summed E-state index contributed by atoms with van der Waals surface area (Å²) in [6, 6.07) is 3.72. The Morgan fingerprint density at radius 2 is 2.14 bits per heavy atom. The third kappa shape index (κ3) is 5.16. The van der Waals surface area contributed by atoms with E-state index in [1.165, 1.54) is 0 Å². The fourth-order valence-corrected chi connectivity index (χ4v) is 1.76. The summed E-state index contributed by atoms with van der Waals surface area (Å²) < 4.78 is 40.1. The summed E-state index contributed by atoms with van der Waals surface area (Å²) in [7, 11) is 0. The summed E-state index contributed by atoms with van der Waals surface area (Å²) in [6.45, 7) is -0.412. The molecule has 0 spiro atoms. The first kappa shape index (κ1) is 15.5. The lowest BCUT2D eigenvalue weighted by Gasteiger charge is -2.08. The lowest BCUT2D eigenvalue weighted by atomic mass is 10.1. The number of aromatic nitrogens is 3. The predicted octanol–water partition coefficient (Wildman–Crippen LogP) is 2.14. The zero-order chi connectivity index (χ0) is 15.1. The molecular formula is C13H15F3N4O. The standard InChI is InChI=1S/C13H15F3N4O/c14-13(15,16)9-21-5-4-18-7-11-8-19-20-12(11)10-2-1-3-17-6-10/h1-3,6,8,18H,4-5,7,9H2,(H,19,20). The Morgan fingerprint density at radius 1 is 1.29 bits per heavy atom. The molecular weight excluding hydrogens is 285 g/mol. The Balaban J connectivity index is 1.76. The van der Waals surface area contributed by atoms with Gasteiger partial charge in [0.25, 0.3) is 0 Å². The minimum absolute atomic E-state index is 0.000409. The summed E-state index contributed by atoms with van der Waals surface area (Å²) in [5.74, 6) is 0. The Kier molecular flexibility index (Phi) is 5.29. The van der Waals surface area contributed by atoms with Crippen LogP contribution in [0.15, 0.2) is 30.7 Å². The van der Waals surface area contributed by atoms with Crippen molar-refractivity contribution in [2.75, 3.05) is 19.8 Å². The van der Waals surface area contributed by atoms with E-state index in [0.717, 1.165) is 16.8 Å². The molecule has 2 aromatic rings. The van der Waals surface area contributed by atoms with Gasteiger partial charge in [0.2, 0.25) is 0 Å². The van der Waals surface area contributed by atoms with Crippen molar-refractivity contribution < 1.29 is 17.9 Å². The van der Waals surface area contributed by atoms with Crippen molar-refractivity contribution >= 4 is 0 Å². The predicted molar refractivity (Wildman–Crippen MR) is 70.4 cm³/mol. The minimum atomic E-state index is -4.28. The second-order valence-electron chi connectivity index (χ2n) is 4.36. The van der Waals surface area contributed by atoms with Gasteiger partial charge >= 0.3 is 6.18 Å². The van der Waals surface area contributed by atoms with E-state index in [1.54, 1.807) is 18.6 Å². The van der Waals surface area contributed by atoms with Crippen LogP contribution < -0.4 is 5.32 Å². The van der Waals surface area contributed by atoms with E-state index in [2.05, 4.69) is 25.2 Å². The second kappa shape index (κ2) is 7.19. The number of ether oxygens (including phenoxy) is 1. The van der Waals surface area contributed by atoms with E-state index in [4.69, 9.17) is 0 Å². The highest BCUT2D eigenvalue weighted by molar-refractivity contribution is 5.61.